The maximum Gasteiger partial charge on any atom is 0.417 e. The summed E-state index contributed by atoms with van der Waals surface area (Å²) in [5.41, 5.74) is 1.16. The normalized spacial score (nSPS) is 13.4. The fourth-order valence-corrected chi connectivity index (χ4v) is 2.67. The summed E-state index contributed by atoms with van der Waals surface area (Å²) in [4.78, 5) is 3.94. The van der Waals surface area contributed by atoms with Crippen LogP contribution in [0.1, 0.15) is 29.3 Å². The van der Waals surface area contributed by atoms with Crippen molar-refractivity contribution in [2.75, 3.05) is 7.05 Å². The second kappa shape index (κ2) is 6.37. The number of hydrogen-bond acceptors (Lipinski definition) is 3. The van der Waals surface area contributed by atoms with Gasteiger partial charge < -0.3 is 5.32 Å². The second-order valence-electron chi connectivity index (χ2n) is 4.48. The van der Waals surface area contributed by atoms with E-state index in [1.165, 1.54) is 11.6 Å². The van der Waals surface area contributed by atoms with Gasteiger partial charge in [-0.3, -0.25) is 4.98 Å². The Bertz CT molecular complexity index is 520. The quantitative estimate of drug-likeness (QED) is 0.901. The molecule has 20 heavy (non-hydrogen) atoms. The summed E-state index contributed by atoms with van der Waals surface area (Å²) in [5, 5.41) is 7.19. The highest BCUT2D eigenvalue weighted by molar-refractivity contribution is 7.07. The average Bonchev–Trinajstić information content (AvgIpc) is 2.92. The Kier molecular flexibility index (Phi) is 4.77. The van der Waals surface area contributed by atoms with Gasteiger partial charge in [-0.25, -0.2) is 0 Å². The molecule has 0 amide bonds. The summed E-state index contributed by atoms with van der Waals surface area (Å²) in [6.07, 6.45) is -1.77. The first-order valence-electron chi connectivity index (χ1n) is 6.22. The minimum Gasteiger partial charge on any atom is -0.312 e. The number of nitrogens with zero attached hydrogens (tertiary/aromatic N) is 1. The maximum absolute atomic E-state index is 12.5. The predicted octanol–water partition coefficient (Wildman–Crippen LogP) is 4.06. The molecule has 0 saturated carbocycles. The van der Waals surface area contributed by atoms with Crippen molar-refractivity contribution in [3.05, 3.63) is 52.0 Å². The van der Waals surface area contributed by atoms with Crippen LogP contribution >= 0.6 is 11.3 Å². The highest BCUT2D eigenvalue weighted by Crippen LogP contribution is 2.29. The van der Waals surface area contributed by atoms with Gasteiger partial charge in [0.1, 0.15) is 0 Å². The molecule has 2 nitrogen and oxygen atoms in total. The Balaban J connectivity index is 2.04. The number of alkyl halides is 3. The van der Waals surface area contributed by atoms with Gasteiger partial charge in [-0.1, -0.05) is 0 Å². The standard InChI is InChI=1S/C14H15F3N2S/c1-18-12(4-2-10-6-7-20-9-10)13-5-3-11(8-19-13)14(15,16)17/h3,5-9,12,18H,2,4H2,1H3. The van der Waals surface area contributed by atoms with Crippen molar-refractivity contribution >= 4 is 11.3 Å². The minimum atomic E-state index is -4.34. The van der Waals surface area contributed by atoms with Gasteiger partial charge >= 0.3 is 6.18 Å². The van der Waals surface area contributed by atoms with Gasteiger partial charge in [-0.15, -0.1) is 0 Å². The van der Waals surface area contributed by atoms with E-state index < -0.39 is 11.7 Å². The van der Waals surface area contributed by atoms with Crippen LogP contribution in [0.5, 0.6) is 0 Å². The lowest BCUT2D eigenvalue weighted by molar-refractivity contribution is -0.137. The van der Waals surface area contributed by atoms with E-state index >= 15 is 0 Å². The molecule has 0 aromatic carbocycles. The van der Waals surface area contributed by atoms with E-state index in [2.05, 4.69) is 21.7 Å². The molecule has 0 spiro atoms. The zero-order valence-corrected chi connectivity index (χ0v) is 11.8. The Hall–Kier alpha value is -1.40. The predicted molar refractivity (Wildman–Crippen MR) is 73.7 cm³/mol. The highest BCUT2D eigenvalue weighted by Gasteiger charge is 2.30. The van der Waals surface area contributed by atoms with Gasteiger partial charge in [0, 0.05) is 12.2 Å². The fourth-order valence-electron chi connectivity index (χ4n) is 1.97. The zero-order valence-electron chi connectivity index (χ0n) is 10.9. The average molecular weight is 300 g/mol. The molecule has 0 aliphatic heterocycles. The van der Waals surface area contributed by atoms with Gasteiger partial charge in [0.25, 0.3) is 0 Å². The monoisotopic (exact) mass is 300 g/mol. The number of thiophene rings is 1. The molecule has 0 saturated heterocycles. The SMILES string of the molecule is CNC(CCc1ccsc1)c1ccc(C(F)(F)F)cn1. The van der Waals surface area contributed by atoms with Crippen LogP contribution in [0.2, 0.25) is 0 Å². The molecule has 0 aliphatic rings. The summed E-state index contributed by atoms with van der Waals surface area (Å²) in [7, 11) is 1.79. The molecule has 2 rings (SSSR count). The first-order valence-corrected chi connectivity index (χ1v) is 7.16. The molecule has 0 aliphatic carbocycles. The van der Waals surface area contributed by atoms with Crippen molar-refractivity contribution in [2.24, 2.45) is 0 Å². The van der Waals surface area contributed by atoms with E-state index in [1.54, 1.807) is 18.4 Å². The summed E-state index contributed by atoms with van der Waals surface area (Å²) in [5.74, 6) is 0. The Morgan fingerprint density at radius 1 is 1.30 bits per heavy atom. The third-order valence-corrected chi connectivity index (χ3v) is 3.85. The Morgan fingerprint density at radius 2 is 2.10 bits per heavy atom. The summed E-state index contributed by atoms with van der Waals surface area (Å²) >= 11 is 1.64. The molecule has 0 bridgehead atoms. The number of aryl methyl sites for hydroxylation is 1. The van der Waals surface area contributed by atoms with E-state index in [-0.39, 0.29) is 6.04 Å². The molecule has 0 radical (unpaired) electrons. The molecule has 2 heterocycles. The molecule has 2 aromatic heterocycles. The van der Waals surface area contributed by atoms with E-state index in [0.29, 0.717) is 5.69 Å². The summed E-state index contributed by atoms with van der Waals surface area (Å²) in [6, 6.07) is 4.53. The number of rotatable bonds is 5. The second-order valence-corrected chi connectivity index (χ2v) is 5.26. The van der Waals surface area contributed by atoms with Gasteiger partial charge in [-0.2, -0.15) is 24.5 Å². The molecule has 1 atom stereocenters. The van der Waals surface area contributed by atoms with Gasteiger partial charge in [0.15, 0.2) is 0 Å². The van der Waals surface area contributed by atoms with Gasteiger partial charge in [-0.05, 0) is 54.4 Å². The third-order valence-electron chi connectivity index (χ3n) is 3.12. The number of halogens is 3. The zero-order chi connectivity index (χ0) is 14.6. The number of pyridine rings is 1. The van der Waals surface area contributed by atoms with Crippen LogP contribution in [0.3, 0.4) is 0 Å². The molecule has 1 N–H and O–H groups in total. The molecule has 6 heteroatoms. The van der Waals surface area contributed by atoms with Gasteiger partial charge in [0.2, 0.25) is 0 Å². The largest absolute Gasteiger partial charge is 0.417 e. The number of hydrogen-bond donors (Lipinski definition) is 1. The lowest BCUT2D eigenvalue weighted by Crippen LogP contribution is -2.19. The van der Waals surface area contributed by atoms with Gasteiger partial charge in [0.05, 0.1) is 11.3 Å². The molecular formula is C14H15F3N2S. The Labute approximate surface area is 119 Å². The van der Waals surface area contributed by atoms with Crippen molar-refractivity contribution in [1.29, 1.82) is 0 Å². The van der Waals surface area contributed by atoms with Crippen molar-refractivity contribution in [3.63, 3.8) is 0 Å². The third kappa shape index (κ3) is 3.80. The number of aromatic nitrogens is 1. The fraction of sp³-hybridized carbons (Fsp3) is 0.357. The minimum absolute atomic E-state index is 0.0443. The van der Waals surface area contributed by atoms with Crippen molar-refractivity contribution < 1.29 is 13.2 Å². The lowest BCUT2D eigenvalue weighted by Gasteiger charge is -2.16. The first-order chi connectivity index (χ1) is 9.50. The lowest BCUT2D eigenvalue weighted by atomic mass is 10.0. The first kappa shape index (κ1) is 15.0. The van der Waals surface area contributed by atoms with Crippen LogP contribution in [0, 0.1) is 0 Å². The topological polar surface area (TPSA) is 24.9 Å². The van der Waals surface area contributed by atoms with Crippen LogP contribution in [-0.4, -0.2) is 12.0 Å². The van der Waals surface area contributed by atoms with E-state index in [0.717, 1.165) is 25.1 Å². The molecular weight excluding hydrogens is 285 g/mol. The Morgan fingerprint density at radius 3 is 2.60 bits per heavy atom. The van der Waals surface area contributed by atoms with Crippen LogP contribution < -0.4 is 5.32 Å². The van der Waals surface area contributed by atoms with Crippen LogP contribution in [0.25, 0.3) is 0 Å². The number of nitrogens with one attached hydrogen (secondary N) is 1. The highest BCUT2D eigenvalue weighted by atomic mass is 32.1. The van der Waals surface area contributed by atoms with E-state index in [4.69, 9.17) is 0 Å². The summed E-state index contributed by atoms with van der Waals surface area (Å²) in [6.45, 7) is 0. The van der Waals surface area contributed by atoms with Crippen LogP contribution in [-0.2, 0) is 12.6 Å². The van der Waals surface area contributed by atoms with Crippen molar-refractivity contribution in [3.8, 4) is 0 Å². The van der Waals surface area contributed by atoms with E-state index in [9.17, 15) is 13.2 Å². The van der Waals surface area contributed by atoms with Crippen molar-refractivity contribution in [2.45, 2.75) is 25.1 Å². The van der Waals surface area contributed by atoms with E-state index in [1.807, 2.05) is 5.38 Å². The molecule has 0 fully saturated rings. The summed E-state index contributed by atoms with van der Waals surface area (Å²) < 4.78 is 37.4. The smallest absolute Gasteiger partial charge is 0.312 e. The maximum atomic E-state index is 12.5. The molecule has 2 aromatic rings. The van der Waals surface area contributed by atoms with Crippen molar-refractivity contribution in [1.82, 2.24) is 10.3 Å². The van der Waals surface area contributed by atoms with Crippen LogP contribution in [0.4, 0.5) is 13.2 Å². The molecule has 108 valence electrons. The molecule has 1 unspecified atom stereocenters. The van der Waals surface area contributed by atoms with Crippen LogP contribution in [0.15, 0.2) is 35.2 Å².